The molecule has 0 spiro atoms. The summed E-state index contributed by atoms with van der Waals surface area (Å²) in [5.41, 5.74) is 3.11. The predicted molar refractivity (Wildman–Crippen MR) is 76.2 cm³/mol. The molecule has 94 valence electrons. The SMILES string of the molecule is CC1(C)CCc2ccccc2C1n1ccnc1S. The highest BCUT2D eigenvalue weighted by atomic mass is 32.1. The van der Waals surface area contributed by atoms with Crippen molar-refractivity contribution in [2.45, 2.75) is 37.9 Å². The minimum Gasteiger partial charge on any atom is -0.318 e. The van der Waals surface area contributed by atoms with E-state index >= 15 is 0 Å². The Hall–Kier alpha value is -1.22. The zero-order valence-electron chi connectivity index (χ0n) is 10.8. The van der Waals surface area contributed by atoms with Gasteiger partial charge in [-0.1, -0.05) is 38.1 Å². The van der Waals surface area contributed by atoms with Crippen molar-refractivity contribution in [2.75, 3.05) is 0 Å². The van der Waals surface area contributed by atoms with Crippen molar-refractivity contribution >= 4 is 12.6 Å². The number of rotatable bonds is 1. The number of thiol groups is 1. The summed E-state index contributed by atoms with van der Waals surface area (Å²) in [7, 11) is 0. The van der Waals surface area contributed by atoms with E-state index in [1.165, 1.54) is 17.5 Å². The van der Waals surface area contributed by atoms with Gasteiger partial charge in [0.25, 0.3) is 0 Å². The van der Waals surface area contributed by atoms with E-state index in [0.717, 1.165) is 11.6 Å². The molecular formula is C15H18N2S. The average Bonchev–Trinajstić information content (AvgIpc) is 2.74. The lowest BCUT2D eigenvalue weighted by Gasteiger charge is -2.41. The zero-order chi connectivity index (χ0) is 12.8. The van der Waals surface area contributed by atoms with Crippen molar-refractivity contribution < 1.29 is 0 Å². The summed E-state index contributed by atoms with van der Waals surface area (Å²) in [5, 5.41) is 0.796. The third kappa shape index (κ3) is 1.77. The minimum atomic E-state index is 0.229. The summed E-state index contributed by atoms with van der Waals surface area (Å²) in [6, 6.07) is 9.07. The molecule has 1 aliphatic carbocycles. The maximum absolute atomic E-state index is 4.48. The summed E-state index contributed by atoms with van der Waals surface area (Å²) in [4.78, 5) is 4.26. The van der Waals surface area contributed by atoms with Gasteiger partial charge in [0.1, 0.15) is 0 Å². The van der Waals surface area contributed by atoms with Gasteiger partial charge in [-0.2, -0.15) is 0 Å². The topological polar surface area (TPSA) is 17.8 Å². The number of imidazole rings is 1. The minimum absolute atomic E-state index is 0.229. The van der Waals surface area contributed by atoms with Gasteiger partial charge in [-0.3, -0.25) is 0 Å². The first-order valence-electron chi connectivity index (χ1n) is 6.39. The zero-order valence-corrected chi connectivity index (χ0v) is 11.7. The number of benzene rings is 1. The molecule has 0 amide bonds. The fraction of sp³-hybridized carbons (Fsp3) is 0.400. The lowest BCUT2D eigenvalue weighted by atomic mass is 9.70. The van der Waals surface area contributed by atoms with Crippen LogP contribution in [0.1, 0.15) is 37.4 Å². The van der Waals surface area contributed by atoms with Gasteiger partial charge in [0.15, 0.2) is 5.16 Å². The number of aromatic nitrogens is 2. The van der Waals surface area contributed by atoms with E-state index in [0.29, 0.717) is 6.04 Å². The van der Waals surface area contributed by atoms with E-state index in [-0.39, 0.29) is 5.41 Å². The third-order valence-electron chi connectivity index (χ3n) is 4.05. The molecule has 1 unspecified atom stereocenters. The Labute approximate surface area is 113 Å². The van der Waals surface area contributed by atoms with Crippen LogP contribution in [0.4, 0.5) is 0 Å². The Bertz CT molecular complexity index is 571. The monoisotopic (exact) mass is 258 g/mol. The van der Waals surface area contributed by atoms with Gasteiger partial charge < -0.3 is 4.57 Å². The van der Waals surface area contributed by atoms with E-state index in [2.05, 4.69) is 60.3 Å². The summed E-state index contributed by atoms with van der Waals surface area (Å²) in [6.07, 6.45) is 6.23. The summed E-state index contributed by atoms with van der Waals surface area (Å²) < 4.78 is 2.20. The van der Waals surface area contributed by atoms with Crippen LogP contribution in [-0.4, -0.2) is 9.55 Å². The number of hydrogen-bond donors (Lipinski definition) is 1. The van der Waals surface area contributed by atoms with Gasteiger partial charge in [0, 0.05) is 12.4 Å². The van der Waals surface area contributed by atoms with Crippen molar-refractivity contribution in [3.05, 3.63) is 47.8 Å². The second kappa shape index (κ2) is 4.16. The molecule has 0 aliphatic heterocycles. The molecule has 0 radical (unpaired) electrons. The average molecular weight is 258 g/mol. The predicted octanol–water partition coefficient (Wildman–Crippen LogP) is 3.73. The van der Waals surface area contributed by atoms with Crippen LogP contribution in [0.2, 0.25) is 0 Å². The Balaban J connectivity index is 2.19. The number of hydrogen-bond acceptors (Lipinski definition) is 2. The van der Waals surface area contributed by atoms with Crippen LogP contribution >= 0.6 is 12.6 Å². The quantitative estimate of drug-likeness (QED) is 0.772. The molecule has 1 heterocycles. The van der Waals surface area contributed by atoms with Crippen LogP contribution in [0.5, 0.6) is 0 Å². The van der Waals surface area contributed by atoms with Crippen LogP contribution in [0.25, 0.3) is 0 Å². The summed E-state index contributed by atoms with van der Waals surface area (Å²) >= 11 is 4.48. The Kier molecular flexibility index (Phi) is 2.74. The van der Waals surface area contributed by atoms with Crippen molar-refractivity contribution in [1.29, 1.82) is 0 Å². The van der Waals surface area contributed by atoms with Crippen LogP contribution in [-0.2, 0) is 6.42 Å². The van der Waals surface area contributed by atoms with Gasteiger partial charge in [-0.15, -0.1) is 12.6 Å². The molecule has 1 aromatic heterocycles. The molecule has 0 bridgehead atoms. The molecule has 1 aromatic carbocycles. The number of aryl methyl sites for hydroxylation is 1. The highest BCUT2D eigenvalue weighted by molar-refractivity contribution is 7.80. The largest absolute Gasteiger partial charge is 0.318 e. The molecule has 1 aliphatic rings. The standard InChI is InChI=1S/C15H18N2S/c1-15(2)8-7-11-5-3-4-6-12(11)13(15)17-10-9-16-14(17)18/h3-6,9-10,13H,7-8H2,1-2H3,(H,16,18). The molecule has 2 aromatic rings. The lowest BCUT2D eigenvalue weighted by molar-refractivity contribution is 0.208. The van der Waals surface area contributed by atoms with E-state index < -0.39 is 0 Å². The molecule has 0 saturated heterocycles. The Morgan fingerprint density at radius 3 is 2.83 bits per heavy atom. The van der Waals surface area contributed by atoms with Crippen LogP contribution in [0.15, 0.2) is 41.8 Å². The van der Waals surface area contributed by atoms with Gasteiger partial charge in [0.2, 0.25) is 0 Å². The van der Waals surface area contributed by atoms with Gasteiger partial charge in [-0.25, -0.2) is 4.98 Å². The highest BCUT2D eigenvalue weighted by Gasteiger charge is 2.37. The molecule has 0 saturated carbocycles. The van der Waals surface area contributed by atoms with E-state index in [4.69, 9.17) is 0 Å². The first kappa shape index (κ1) is 11.8. The maximum Gasteiger partial charge on any atom is 0.165 e. The highest BCUT2D eigenvalue weighted by Crippen LogP contribution is 2.46. The first-order chi connectivity index (χ1) is 8.59. The Morgan fingerprint density at radius 2 is 2.11 bits per heavy atom. The molecule has 3 heteroatoms. The van der Waals surface area contributed by atoms with Crippen LogP contribution in [0.3, 0.4) is 0 Å². The molecule has 3 rings (SSSR count). The molecular weight excluding hydrogens is 240 g/mol. The summed E-state index contributed by atoms with van der Waals surface area (Å²) in [5.74, 6) is 0. The lowest BCUT2D eigenvalue weighted by Crippen LogP contribution is -2.33. The second-order valence-corrected chi connectivity index (χ2v) is 6.12. The molecule has 1 atom stereocenters. The van der Waals surface area contributed by atoms with E-state index in [9.17, 15) is 0 Å². The van der Waals surface area contributed by atoms with Crippen LogP contribution in [0, 0.1) is 5.41 Å². The molecule has 0 N–H and O–H groups in total. The van der Waals surface area contributed by atoms with E-state index in [1.54, 1.807) is 0 Å². The van der Waals surface area contributed by atoms with Crippen molar-refractivity contribution in [2.24, 2.45) is 5.41 Å². The van der Waals surface area contributed by atoms with Gasteiger partial charge in [0.05, 0.1) is 6.04 Å². The smallest absolute Gasteiger partial charge is 0.165 e. The maximum atomic E-state index is 4.48. The van der Waals surface area contributed by atoms with Crippen molar-refractivity contribution in [3.8, 4) is 0 Å². The molecule has 0 fully saturated rings. The number of nitrogens with zero attached hydrogens (tertiary/aromatic N) is 2. The molecule has 2 nitrogen and oxygen atoms in total. The van der Waals surface area contributed by atoms with Crippen molar-refractivity contribution in [3.63, 3.8) is 0 Å². The third-order valence-corrected chi connectivity index (χ3v) is 4.40. The first-order valence-corrected chi connectivity index (χ1v) is 6.84. The van der Waals surface area contributed by atoms with Gasteiger partial charge >= 0.3 is 0 Å². The fourth-order valence-electron chi connectivity index (χ4n) is 3.08. The Morgan fingerprint density at radius 1 is 1.33 bits per heavy atom. The summed E-state index contributed by atoms with van der Waals surface area (Å²) in [6.45, 7) is 4.67. The van der Waals surface area contributed by atoms with Gasteiger partial charge in [-0.05, 0) is 29.4 Å². The van der Waals surface area contributed by atoms with Crippen molar-refractivity contribution in [1.82, 2.24) is 9.55 Å². The normalized spacial score (nSPS) is 21.6. The fourth-order valence-corrected chi connectivity index (χ4v) is 3.32. The van der Waals surface area contributed by atoms with E-state index in [1.807, 2.05) is 12.4 Å². The number of fused-ring (bicyclic) bond motifs is 1. The molecule has 18 heavy (non-hydrogen) atoms. The van der Waals surface area contributed by atoms with Crippen LogP contribution < -0.4 is 0 Å². The second-order valence-electron chi connectivity index (χ2n) is 5.72.